The first-order chi connectivity index (χ1) is 9.90. The fraction of sp³-hybridized carbons (Fsp3) is 0.500. The van der Waals surface area contributed by atoms with E-state index >= 15 is 0 Å². The molecule has 1 amide bonds. The molecule has 1 aliphatic rings. The normalized spacial score (nSPS) is 22.4. The smallest absolute Gasteiger partial charge is 0.238 e. The molecule has 0 saturated carbocycles. The molecule has 2 unspecified atom stereocenters. The van der Waals surface area contributed by atoms with Crippen LogP contribution in [-0.2, 0) is 14.6 Å². The van der Waals surface area contributed by atoms with E-state index in [0.717, 1.165) is 6.42 Å². The Labute approximate surface area is 124 Å². The lowest BCUT2D eigenvalue weighted by Crippen LogP contribution is -2.44. The van der Waals surface area contributed by atoms with Crippen LogP contribution in [0.5, 0.6) is 0 Å². The number of rotatable bonds is 4. The number of hydrogen-bond donors (Lipinski definition) is 3. The summed E-state index contributed by atoms with van der Waals surface area (Å²) in [6.07, 6.45) is 0.810. The van der Waals surface area contributed by atoms with Gasteiger partial charge in [-0.2, -0.15) is 0 Å². The van der Waals surface area contributed by atoms with Crippen molar-refractivity contribution >= 4 is 21.4 Å². The van der Waals surface area contributed by atoms with Crippen molar-refractivity contribution in [2.24, 2.45) is 0 Å². The summed E-state index contributed by atoms with van der Waals surface area (Å²) in [5.41, 5.74) is 6.77. The third-order valence-corrected chi connectivity index (χ3v) is 5.84. The number of sulfone groups is 1. The zero-order valence-corrected chi connectivity index (χ0v) is 12.5. The molecule has 1 heterocycles. The van der Waals surface area contributed by atoms with E-state index in [1.165, 1.54) is 0 Å². The highest BCUT2D eigenvalue weighted by Gasteiger charge is 2.34. The van der Waals surface area contributed by atoms with Gasteiger partial charge < -0.3 is 16.2 Å². The molecule has 116 valence electrons. The van der Waals surface area contributed by atoms with E-state index in [9.17, 15) is 18.3 Å². The lowest BCUT2D eigenvalue weighted by Gasteiger charge is -2.22. The summed E-state index contributed by atoms with van der Waals surface area (Å²) in [4.78, 5) is 12.0. The van der Waals surface area contributed by atoms with Gasteiger partial charge in [-0.1, -0.05) is 18.6 Å². The number of nitrogens with two attached hydrogens (primary N) is 1. The Hall–Kier alpha value is -1.60. The van der Waals surface area contributed by atoms with Crippen LogP contribution in [0.25, 0.3) is 0 Å². The highest BCUT2D eigenvalue weighted by atomic mass is 32.2. The Kier molecular flexibility index (Phi) is 4.84. The Morgan fingerprint density at radius 3 is 2.62 bits per heavy atom. The van der Waals surface area contributed by atoms with Crippen LogP contribution in [0.2, 0.25) is 0 Å². The van der Waals surface area contributed by atoms with Crippen LogP contribution in [0.4, 0.5) is 5.69 Å². The van der Waals surface area contributed by atoms with Crippen molar-refractivity contribution in [3.8, 4) is 0 Å². The van der Waals surface area contributed by atoms with Crippen LogP contribution in [0.3, 0.4) is 0 Å². The molecular weight excluding hydrogens is 292 g/mol. The molecule has 21 heavy (non-hydrogen) atoms. The molecule has 0 aliphatic carbocycles. The summed E-state index contributed by atoms with van der Waals surface area (Å²) in [5.74, 6) is -0.463. The number of nitrogens with one attached hydrogen (secondary N) is 1. The Bertz CT molecular complexity index is 598. The molecule has 1 fully saturated rings. The maximum atomic E-state index is 12.0. The van der Waals surface area contributed by atoms with Gasteiger partial charge in [0, 0.05) is 12.2 Å². The van der Waals surface area contributed by atoms with Crippen molar-refractivity contribution in [3.63, 3.8) is 0 Å². The zero-order valence-electron chi connectivity index (χ0n) is 11.7. The van der Waals surface area contributed by atoms with Gasteiger partial charge >= 0.3 is 0 Å². The highest BCUT2D eigenvalue weighted by Crippen LogP contribution is 2.20. The average Bonchev–Trinajstić information content (AvgIpc) is 2.44. The van der Waals surface area contributed by atoms with Gasteiger partial charge in [0.25, 0.3) is 0 Å². The minimum atomic E-state index is -3.35. The van der Waals surface area contributed by atoms with Gasteiger partial charge in [0.2, 0.25) is 5.91 Å². The predicted octanol–water partition coefficient (Wildman–Crippen LogP) is 0.386. The minimum Gasteiger partial charge on any atom is -0.399 e. The molecule has 1 aromatic carbocycles. The lowest BCUT2D eigenvalue weighted by atomic mass is 10.1. The van der Waals surface area contributed by atoms with E-state index in [2.05, 4.69) is 5.32 Å². The zero-order chi connectivity index (χ0) is 15.5. The number of aliphatic hydroxyl groups excluding tert-OH is 1. The van der Waals surface area contributed by atoms with Crippen LogP contribution in [0, 0.1) is 0 Å². The van der Waals surface area contributed by atoms with Crippen molar-refractivity contribution in [3.05, 3.63) is 29.8 Å². The van der Waals surface area contributed by atoms with Crippen molar-refractivity contribution in [1.29, 1.82) is 0 Å². The van der Waals surface area contributed by atoms with E-state index in [4.69, 9.17) is 5.73 Å². The lowest BCUT2D eigenvalue weighted by molar-refractivity contribution is -0.121. The van der Waals surface area contributed by atoms with Crippen LogP contribution < -0.4 is 11.1 Å². The molecule has 4 N–H and O–H groups in total. The van der Waals surface area contributed by atoms with Crippen LogP contribution in [0.1, 0.15) is 30.9 Å². The topological polar surface area (TPSA) is 109 Å². The monoisotopic (exact) mass is 312 g/mol. The van der Waals surface area contributed by atoms with E-state index in [1.54, 1.807) is 24.3 Å². The quantitative estimate of drug-likeness (QED) is 0.697. The fourth-order valence-corrected chi connectivity index (χ4v) is 4.22. The average molecular weight is 312 g/mol. The summed E-state index contributed by atoms with van der Waals surface area (Å²) in [6.45, 7) is -0.0191. The number of hydrogen-bond acceptors (Lipinski definition) is 5. The molecule has 0 aromatic heterocycles. The van der Waals surface area contributed by atoms with Crippen molar-refractivity contribution in [1.82, 2.24) is 5.32 Å². The van der Waals surface area contributed by atoms with E-state index in [-0.39, 0.29) is 12.3 Å². The summed E-state index contributed by atoms with van der Waals surface area (Å²) in [6, 6.07) is 6.66. The van der Waals surface area contributed by atoms with Crippen LogP contribution in [-0.4, -0.2) is 37.0 Å². The largest absolute Gasteiger partial charge is 0.399 e. The first-order valence-corrected chi connectivity index (χ1v) is 8.64. The number of aliphatic hydroxyl groups is 1. The van der Waals surface area contributed by atoms with Gasteiger partial charge in [0.15, 0.2) is 9.84 Å². The van der Waals surface area contributed by atoms with Crippen molar-refractivity contribution in [2.75, 3.05) is 18.0 Å². The van der Waals surface area contributed by atoms with E-state index in [0.29, 0.717) is 24.1 Å². The first kappa shape index (κ1) is 15.8. The van der Waals surface area contributed by atoms with Crippen molar-refractivity contribution < 1.29 is 18.3 Å². The molecule has 0 radical (unpaired) electrons. The summed E-state index contributed by atoms with van der Waals surface area (Å²) in [7, 11) is -3.35. The number of carbonyl (C=O) groups is 1. The SMILES string of the molecule is Nc1ccc(C(O)CNC(=O)C2CCCCS2(=O)=O)cc1. The van der Waals surface area contributed by atoms with Gasteiger partial charge in [-0.05, 0) is 30.5 Å². The first-order valence-electron chi connectivity index (χ1n) is 6.93. The molecular formula is C14H20N2O4S. The van der Waals surface area contributed by atoms with Gasteiger partial charge in [-0.3, -0.25) is 4.79 Å². The maximum absolute atomic E-state index is 12.0. The molecule has 1 aromatic rings. The third-order valence-electron chi connectivity index (χ3n) is 3.66. The van der Waals surface area contributed by atoms with Crippen LogP contribution >= 0.6 is 0 Å². The third kappa shape index (κ3) is 3.95. The van der Waals surface area contributed by atoms with Gasteiger partial charge in [0.1, 0.15) is 5.25 Å². The maximum Gasteiger partial charge on any atom is 0.238 e. The van der Waals surface area contributed by atoms with E-state index < -0.39 is 27.1 Å². The molecule has 2 atom stereocenters. The predicted molar refractivity (Wildman–Crippen MR) is 80.2 cm³/mol. The van der Waals surface area contributed by atoms with Gasteiger partial charge in [-0.15, -0.1) is 0 Å². The Morgan fingerprint density at radius 2 is 2.00 bits per heavy atom. The number of anilines is 1. The fourth-order valence-electron chi connectivity index (χ4n) is 2.40. The molecule has 1 aliphatic heterocycles. The molecule has 0 spiro atoms. The number of carbonyl (C=O) groups excluding carboxylic acids is 1. The molecule has 2 rings (SSSR count). The molecule has 6 nitrogen and oxygen atoms in total. The second-order valence-electron chi connectivity index (χ2n) is 5.28. The second-order valence-corrected chi connectivity index (χ2v) is 7.58. The summed E-state index contributed by atoms with van der Waals surface area (Å²) >= 11 is 0. The highest BCUT2D eigenvalue weighted by molar-refractivity contribution is 7.92. The molecule has 7 heteroatoms. The summed E-state index contributed by atoms with van der Waals surface area (Å²) in [5, 5.41) is 11.5. The van der Waals surface area contributed by atoms with E-state index in [1.807, 2.05) is 0 Å². The molecule has 0 bridgehead atoms. The van der Waals surface area contributed by atoms with Gasteiger partial charge in [0.05, 0.1) is 11.9 Å². The summed E-state index contributed by atoms with van der Waals surface area (Å²) < 4.78 is 23.7. The number of nitrogen functional groups attached to an aromatic ring is 1. The number of benzene rings is 1. The number of amides is 1. The Balaban J connectivity index is 1.93. The molecule has 1 saturated heterocycles. The van der Waals surface area contributed by atoms with Crippen molar-refractivity contribution in [2.45, 2.75) is 30.6 Å². The van der Waals surface area contributed by atoms with Crippen LogP contribution in [0.15, 0.2) is 24.3 Å². The van der Waals surface area contributed by atoms with Gasteiger partial charge in [-0.25, -0.2) is 8.42 Å². The Morgan fingerprint density at radius 1 is 1.33 bits per heavy atom. The second kappa shape index (κ2) is 6.44. The minimum absolute atomic E-state index is 0.0191. The standard InChI is InChI=1S/C14H20N2O4S/c15-11-6-4-10(5-7-11)12(17)9-16-14(18)13-3-1-2-8-21(13,19)20/h4-7,12-13,17H,1-3,8-9,15H2,(H,16,18).